The lowest BCUT2D eigenvalue weighted by molar-refractivity contribution is -0.118. The first-order chi connectivity index (χ1) is 15.1. The van der Waals surface area contributed by atoms with Gasteiger partial charge in [0.25, 0.3) is 5.91 Å². The fourth-order valence-corrected chi connectivity index (χ4v) is 4.81. The molecule has 1 heterocycles. The molecule has 0 atom stereocenters. The van der Waals surface area contributed by atoms with Gasteiger partial charge in [-0.3, -0.25) is 9.59 Å². The molecule has 1 aliphatic rings. The highest BCUT2D eigenvalue weighted by molar-refractivity contribution is 8.00. The molecule has 0 radical (unpaired) electrons. The Hall–Kier alpha value is -3.00. The van der Waals surface area contributed by atoms with Crippen molar-refractivity contribution < 1.29 is 9.59 Å². The molecule has 0 aliphatic heterocycles. The van der Waals surface area contributed by atoms with Crippen molar-refractivity contribution in [3.8, 4) is 0 Å². The van der Waals surface area contributed by atoms with Crippen molar-refractivity contribution in [1.29, 1.82) is 0 Å². The van der Waals surface area contributed by atoms with Crippen LogP contribution in [0, 0.1) is 5.92 Å². The minimum atomic E-state index is -0.290. The quantitative estimate of drug-likeness (QED) is 0.420. The topological polar surface area (TPSA) is 107 Å². The smallest absolute Gasteiger partial charge is 0.323 e. The van der Waals surface area contributed by atoms with Crippen LogP contribution in [0.3, 0.4) is 0 Å². The van der Waals surface area contributed by atoms with Gasteiger partial charge in [-0.15, -0.1) is 11.8 Å². The van der Waals surface area contributed by atoms with E-state index in [2.05, 4.69) is 20.6 Å². The van der Waals surface area contributed by atoms with Gasteiger partial charge in [0.1, 0.15) is 0 Å². The molecule has 162 valence electrons. The van der Waals surface area contributed by atoms with Gasteiger partial charge in [-0.25, -0.2) is 4.79 Å². The number of carbonyl (C=O) groups excluding carboxylic acids is 2. The Bertz CT molecular complexity index is 1130. The number of rotatable bonds is 7. The number of aromatic nitrogens is 2. The number of aromatic amines is 2. The predicted molar refractivity (Wildman–Crippen MR) is 124 cm³/mol. The summed E-state index contributed by atoms with van der Waals surface area (Å²) in [6.07, 6.45) is 6.20. The highest BCUT2D eigenvalue weighted by atomic mass is 32.2. The van der Waals surface area contributed by atoms with E-state index in [4.69, 9.17) is 0 Å². The van der Waals surface area contributed by atoms with Gasteiger partial charge in [-0.2, -0.15) is 0 Å². The number of hydrogen-bond donors (Lipinski definition) is 4. The third-order valence-corrected chi connectivity index (χ3v) is 6.65. The second-order valence-electron chi connectivity index (χ2n) is 7.89. The molecule has 3 aromatic rings. The number of amides is 2. The Morgan fingerprint density at radius 3 is 2.61 bits per heavy atom. The monoisotopic (exact) mass is 438 g/mol. The van der Waals surface area contributed by atoms with Crippen LogP contribution in [-0.4, -0.2) is 34.1 Å². The standard InChI is InChI=1S/C23H26N4O3S/c28-21(24-13-15-6-2-1-3-7-15)14-31-20-9-5-4-8-17(20)22(29)25-16-10-11-18-19(12-16)27-23(30)26-18/h4-5,8-12,15H,1-3,6-7,13-14H2,(H,24,28)(H,25,29)(H2,26,27,30). The molecule has 1 aromatic heterocycles. The Labute approximate surface area is 184 Å². The molecule has 8 heteroatoms. The average molecular weight is 439 g/mol. The first-order valence-corrected chi connectivity index (χ1v) is 11.6. The van der Waals surface area contributed by atoms with Crippen LogP contribution >= 0.6 is 11.8 Å². The van der Waals surface area contributed by atoms with E-state index in [1.807, 2.05) is 12.1 Å². The summed E-state index contributed by atoms with van der Waals surface area (Å²) < 4.78 is 0. The van der Waals surface area contributed by atoms with Crippen LogP contribution in [0.25, 0.3) is 11.0 Å². The van der Waals surface area contributed by atoms with E-state index in [0.29, 0.717) is 28.2 Å². The number of carbonyl (C=O) groups is 2. The largest absolute Gasteiger partial charge is 0.355 e. The molecule has 4 rings (SSSR count). The summed E-state index contributed by atoms with van der Waals surface area (Å²) >= 11 is 1.36. The van der Waals surface area contributed by atoms with Gasteiger partial charge in [0.05, 0.1) is 22.3 Å². The molecule has 1 saturated carbocycles. The lowest BCUT2D eigenvalue weighted by Gasteiger charge is -2.21. The number of thioether (sulfide) groups is 1. The molecular formula is C23H26N4O3S. The third kappa shape index (κ3) is 5.58. The summed E-state index contributed by atoms with van der Waals surface area (Å²) in [5.74, 6) is 0.594. The summed E-state index contributed by atoms with van der Waals surface area (Å²) in [4.78, 5) is 42.7. The second-order valence-corrected chi connectivity index (χ2v) is 8.90. The molecule has 7 nitrogen and oxygen atoms in total. The number of benzene rings is 2. The molecule has 0 spiro atoms. The lowest BCUT2D eigenvalue weighted by Crippen LogP contribution is -2.31. The number of H-pyrrole nitrogens is 2. The third-order valence-electron chi connectivity index (χ3n) is 5.58. The first-order valence-electron chi connectivity index (χ1n) is 10.6. The Morgan fingerprint density at radius 2 is 1.77 bits per heavy atom. The maximum Gasteiger partial charge on any atom is 0.323 e. The maximum absolute atomic E-state index is 12.8. The number of fused-ring (bicyclic) bond motifs is 1. The molecule has 31 heavy (non-hydrogen) atoms. The molecule has 2 amide bonds. The summed E-state index contributed by atoms with van der Waals surface area (Å²) in [7, 11) is 0. The molecule has 2 aromatic carbocycles. The minimum Gasteiger partial charge on any atom is -0.355 e. The molecule has 0 unspecified atom stereocenters. The van der Waals surface area contributed by atoms with Crippen LogP contribution in [0.1, 0.15) is 42.5 Å². The number of anilines is 1. The number of hydrogen-bond acceptors (Lipinski definition) is 4. The lowest BCUT2D eigenvalue weighted by atomic mass is 9.89. The van der Waals surface area contributed by atoms with Crippen LogP contribution in [0.4, 0.5) is 5.69 Å². The van der Waals surface area contributed by atoms with Gasteiger partial charge >= 0.3 is 5.69 Å². The van der Waals surface area contributed by atoms with Gasteiger partial charge in [0.15, 0.2) is 0 Å². The summed E-state index contributed by atoms with van der Waals surface area (Å²) in [6.45, 7) is 0.741. The van der Waals surface area contributed by atoms with E-state index < -0.39 is 0 Å². The second kappa shape index (κ2) is 9.87. The zero-order valence-electron chi connectivity index (χ0n) is 17.2. The van der Waals surface area contributed by atoms with Crippen molar-refractivity contribution in [2.75, 3.05) is 17.6 Å². The van der Waals surface area contributed by atoms with Crippen LogP contribution in [-0.2, 0) is 4.79 Å². The maximum atomic E-state index is 12.8. The van der Waals surface area contributed by atoms with E-state index in [1.165, 1.54) is 43.9 Å². The highest BCUT2D eigenvalue weighted by Gasteiger charge is 2.16. The zero-order valence-corrected chi connectivity index (χ0v) is 18.0. The summed E-state index contributed by atoms with van der Waals surface area (Å²) in [5, 5.41) is 5.90. The molecule has 0 bridgehead atoms. The van der Waals surface area contributed by atoms with E-state index in [0.717, 1.165) is 11.4 Å². The van der Waals surface area contributed by atoms with E-state index in [9.17, 15) is 14.4 Å². The van der Waals surface area contributed by atoms with E-state index in [-0.39, 0.29) is 23.3 Å². The molecular weight excluding hydrogens is 412 g/mol. The van der Waals surface area contributed by atoms with Gasteiger partial charge in [-0.05, 0) is 49.1 Å². The van der Waals surface area contributed by atoms with Crippen molar-refractivity contribution in [1.82, 2.24) is 15.3 Å². The SMILES string of the molecule is O=C(CSc1ccccc1C(=O)Nc1ccc2[nH]c(=O)[nH]c2c1)NCC1CCCCC1. The van der Waals surface area contributed by atoms with Gasteiger partial charge < -0.3 is 20.6 Å². The predicted octanol–water partition coefficient (Wildman–Crippen LogP) is 3.90. The van der Waals surface area contributed by atoms with Crippen molar-refractivity contribution >= 4 is 40.3 Å². The van der Waals surface area contributed by atoms with Crippen molar-refractivity contribution in [3.05, 3.63) is 58.5 Å². The fraction of sp³-hybridized carbons (Fsp3) is 0.348. The van der Waals surface area contributed by atoms with Crippen LogP contribution in [0.2, 0.25) is 0 Å². The Morgan fingerprint density at radius 1 is 1.00 bits per heavy atom. The molecule has 1 fully saturated rings. The molecule has 4 N–H and O–H groups in total. The summed E-state index contributed by atoms with van der Waals surface area (Å²) in [5.41, 5.74) is 2.10. The van der Waals surface area contributed by atoms with Crippen LogP contribution in [0.15, 0.2) is 52.2 Å². The zero-order chi connectivity index (χ0) is 21.6. The van der Waals surface area contributed by atoms with Crippen molar-refractivity contribution in [3.63, 3.8) is 0 Å². The van der Waals surface area contributed by atoms with Gasteiger partial charge in [0.2, 0.25) is 5.91 Å². The Kier molecular flexibility index (Phi) is 6.76. The fourth-order valence-electron chi connectivity index (χ4n) is 3.93. The summed E-state index contributed by atoms with van der Waals surface area (Å²) in [6, 6.07) is 12.4. The average Bonchev–Trinajstić information content (AvgIpc) is 3.16. The number of nitrogens with one attached hydrogen (secondary N) is 4. The van der Waals surface area contributed by atoms with E-state index in [1.54, 1.807) is 30.3 Å². The van der Waals surface area contributed by atoms with Crippen LogP contribution in [0.5, 0.6) is 0 Å². The normalized spacial score (nSPS) is 14.5. The van der Waals surface area contributed by atoms with Crippen molar-refractivity contribution in [2.24, 2.45) is 5.92 Å². The van der Waals surface area contributed by atoms with Crippen LogP contribution < -0.4 is 16.3 Å². The minimum absolute atomic E-state index is 0.00681. The Balaban J connectivity index is 1.36. The molecule has 0 saturated heterocycles. The van der Waals surface area contributed by atoms with Gasteiger partial charge in [-0.1, -0.05) is 31.4 Å². The van der Waals surface area contributed by atoms with Gasteiger partial charge in [0, 0.05) is 17.1 Å². The van der Waals surface area contributed by atoms with Crippen molar-refractivity contribution in [2.45, 2.75) is 37.0 Å². The van der Waals surface area contributed by atoms with E-state index >= 15 is 0 Å². The highest BCUT2D eigenvalue weighted by Crippen LogP contribution is 2.25. The molecule has 1 aliphatic carbocycles. The first kappa shape index (κ1) is 21.2. The number of imidazole rings is 1.